The molecule has 2 aromatic rings. The topological polar surface area (TPSA) is 0 Å². The summed E-state index contributed by atoms with van der Waals surface area (Å²) in [5.41, 5.74) is 0.296. The Morgan fingerprint density at radius 1 is 0.944 bits per heavy atom. The normalized spacial score (nSPS) is 12.4. The monoisotopic (exact) mass is 280 g/mol. The molecular weight excluding hydrogens is 256 g/mol. The van der Waals surface area contributed by atoms with Gasteiger partial charge in [-0.1, -0.05) is 47.0 Å². The minimum atomic E-state index is 0.296. The zero-order valence-corrected chi connectivity index (χ0v) is 13.6. The first-order valence-corrected chi connectivity index (χ1v) is 8.66. The molecule has 100 valence electrons. The molecule has 0 N–H and O–H groups in total. The minimum Gasteiger partial charge on any atom is -0.139 e. The van der Waals surface area contributed by atoms with E-state index in [1.165, 1.54) is 46.4 Å². The zero-order chi connectivity index (χ0) is 13.2. The number of fused-ring (bicyclic) bond motifs is 1. The highest BCUT2D eigenvalue weighted by Gasteiger charge is 2.17. The molecule has 18 heavy (non-hydrogen) atoms. The Kier molecular flexibility index (Phi) is 4.50. The summed E-state index contributed by atoms with van der Waals surface area (Å²) in [5, 5.41) is 0. The minimum absolute atomic E-state index is 0.296. The average molecular weight is 281 g/mol. The van der Waals surface area contributed by atoms with Crippen LogP contribution in [-0.4, -0.2) is 0 Å². The number of hydrogen-bond donors (Lipinski definition) is 0. The SMILES string of the molecule is CCCCCCc1cc2sc(C(C)(C)C)cc2s1. The van der Waals surface area contributed by atoms with Crippen LogP contribution in [0.4, 0.5) is 0 Å². The van der Waals surface area contributed by atoms with Crippen LogP contribution in [0.15, 0.2) is 12.1 Å². The summed E-state index contributed by atoms with van der Waals surface area (Å²) in [5.74, 6) is 0. The Balaban J connectivity index is 2.03. The number of unbranched alkanes of at least 4 members (excludes halogenated alkanes) is 3. The van der Waals surface area contributed by atoms with Gasteiger partial charge >= 0.3 is 0 Å². The van der Waals surface area contributed by atoms with Gasteiger partial charge in [0, 0.05) is 19.2 Å². The smallest absolute Gasteiger partial charge is 0.0456 e. The Labute approximate surface area is 119 Å². The molecule has 0 amide bonds. The van der Waals surface area contributed by atoms with Gasteiger partial charge in [-0.3, -0.25) is 0 Å². The second kappa shape index (κ2) is 5.75. The summed E-state index contributed by atoms with van der Waals surface area (Å²) in [6.07, 6.45) is 6.72. The number of rotatable bonds is 5. The van der Waals surface area contributed by atoms with Gasteiger partial charge in [0.15, 0.2) is 0 Å². The van der Waals surface area contributed by atoms with Crippen LogP contribution in [0.5, 0.6) is 0 Å². The fourth-order valence-electron chi connectivity index (χ4n) is 2.10. The Hall–Kier alpha value is -0.340. The molecule has 0 aliphatic rings. The summed E-state index contributed by atoms with van der Waals surface area (Å²) in [4.78, 5) is 3.09. The molecule has 0 spiro atoms. The first-order valence-electron chi connectivity index (χ1n) is 7.03. The van der Waals surface area contributed by atoms with E-state index in [4.69, 9.17) is 0 Å². The van der Waals surface area contributed by atoms with Gasteiger partial charge in [-0.15, -0.1) is 22.7 Å². The number of hydrogen-bond acceptors (Lipinski definition) is 2. The first kappa shape index (κ1) is 14.1. The summed E-state index contributed by atoms with van der Waals surface area (Å²) < 4.78 is 2.99. The van der Waals surface area contributed by atoms with Crippen molar-refractivity contribution in [3.8, 4) is 0 Å². The van der Waals surface area contributed by atoms with Gasteiger partial charge in [0.25, 0.3) is 0 Å². The summed E-state index contributed by atoms with van der Waals surface area (Å²) in [6, 6.07) is 4.83. The highest BCUT2D eigenvalue weighted by atomic mass is 32.1. The van der Waals surface area contributed by atoms with Crippen molar-refractivity contribution in [1.82, 2.24) is 0 Å². The Morgan fingerprint density at radius 3 is 2.28 bits per heavy atom. The maximum absolute atomic E-state index is 2.42. The molecule has 0 nitrogen and oxygen atoms in total. The third kappa shape index (κ3) is 3.36. The molecule has 0 saturated heterocycles. The standard InChI is InChI=1S/C16H24S2/c1-5-6-7-8-9-12-10-13-14(17-12)11-15(18-13)16(2,3)4/h10-11H,5-9H2,1-4H3. The van der Waals surface area contributed by atoms with Crippen molar-refractivity contribution < 1.29 is 0 Å². The van der Waals surface area contributed by atoms with E-state index in [9.17, 15) is 0 Å². The van der Waals surface area contributed by atoms with Crippen LogP contribution in [0.1, 0.15) is 63.1 Å². The fourth-order valence-corrected chi connectivity index (χ4v) is 4.63. The fraction of sp³-hybridized carbons (Fsp3) is 0.625. The molecule has 0 fully saturated rings. The van der Waals surface area contributed by atoms with E-state index in [0.29, 0.717) is 5.41 Å². The van der Waals surface area contributed by atoms with Crippen LogP contribution < -0.4 is 0 Å². The van der Waals surface area contributed by atoms with Crippen LogP contribution in [0, 0.1) is 0 Å². The quantitative estimate of drug-likeness (QED) is 0.557. The molecule has 0 saturated carbocycles. The van der Waals surface area contributed by atoms with Crippen LogP contribution in [0.25, 0.3) is 9.40 Å². The van der Waals surface area contributed by atoms with Crippen molar-refractivity contribution >= 4 is 32.1 Å². The van der Waals surface area contributed by atoms with E-state index in [2.05, 4.69) is 39.8 Å². The van der Waals surface area contributed by atoms with Crippen molar-refractivity contribution in [3.63, 3.8) is 0 Å². The summed E-state index contributed by atoms with van der Waals surface area (Å²) in [7, 11) is 0. The van der Waals surface area contributed by atoms with Crippen molar-refractivity contribution in [1.29, 1.82) is 0 Å². The molecule has 0 unspecified atom stereocenters. The lowest BCUT2D eigenvalue weighted by molar-refractivity contribution is 0.604. The third-order valence-electron chi connectivity index (χ3n) is 3.27. The molecule has 2 aromatic heterocycles. The zero-order valence-electron chi connectivity index (χ0n) is 12.0. The van der Waals surface area contributed by atoms with Crippen molar-refractivity contribution in [2.45, 2.75) is 65.2 Å². The van der Waals surface area contributed by atoms with Gasteiger partial charge in [-0.2, -0.15) is 0 Å². The number of aryl methyl sites for hydroxylation is 1. The van der Waals surface area contributed by atoms with Gasteiger partial charge < -0.3 is 0 Å². The largest absolute Gasteiger partial charge is 0.139 e. The molecule has 2 rings (SSSR count). The lowest BCUT2D eigenvalue weighted by atomic mass is 9.95. The van der Waals surface area contributed by atoms with Gasteiger partial charge in [0.05, 0.1) is 0 Å². The lowest BCUT2D eigenvalue weighted by Crippen LogP contribution is -2.07. The molecule has 2 heteroatoms. The van der Waals surface area contributed by atoms with Gasteiger partial charge in [-0.25, -0.2) is 0 Å². The van der Waals surface area contributed by atoms with Crippen molar-refractivity contribution in [2.24, 2.45) is 0 Å². The molecule has 0 aliphatic heterocycles. The van der Waals surface area contributed by atoms with Crippen molar-refractivity contribution in [3.05, 3.63) is 21.9 Å². The third-order valence-corrected chi connectivity index (χ3v) is 6.05. The van der Waals surface area contributed by atoms with E-state index in [-0.39, 0.29) is 0 Å². The van der Waals surface area contributed by atoms with E-state index in [0.717, 1.165) is 0 Å². The maximum Gasteiger partial charge on any atom is 0.0456 e. The number of thiophene rings is 2. The van der Waals surface area contributed by atoms with Gasteiger partial charge in [0.2, 0.25) is 0 Å². The van der Waals surface area contributed by atoms with Gasteiger partial charge in [0.1, 0.15) is 0 Å². The van der Waals surface area contributed by atoms with E-state index < -0.39 is 0 Å². The molecule has 2 heterocycles. The summed E-state index contributed by atoms with van der Waals surface area (Å²) in [6.45, 7) is 9.17. The van der Waals surface area contributed by atoms with E-state index in [1.807, 2.05) is 22.7 Å². The highest BCUT2D eigenvalue weighted by molar-refractivity contribution is 7.27. The lowest BCUT2D eigenvalue weighted by Gasteiger charge is -2.15. The second-order valence-electron chi connectivity index (χ2n) is 6.11. The maximum atomic E-state index is 2.42. The molecule has 0 atom stereocenters. The highest BCUT2D eigenvalue weighted by Crippen LogP contribution is 2.38. The van der Waals surface area contributed by atoms with E-state index >= 15 is 0 Å². The second-order valence-corrected chi connectivity index (χ2v) is 8.36. The van der Waals surface area contributed by atoms with Crippen molar-refractivity contribution in [2.75, 3.05) is 0 Å². The van der Waals surface area contributed by atoms with Crippen LogP contribution >= 0.6 is 22.7 Å². The molecule has 0 bridgehead atoms. The molecule has 0 aliphatic carbocycles. The van der Waals surface area contributed by atoms with Gasteiger partial charge in [-0.05, 0) is 30.4 Å². The Bertz CT molecular complexity index is 465. The predicted octanol–water partition coefficient (Wildman–Crippen LogP) is 6.38. The first-order chi connectivity index (χ1) is 8.50. The van der Waals surface area contributed by atoms with Crippen LogP contribution in [-0.2, 0) is 11.8 Å². The summed E-state index contributed by atoms with van der Waals surface area (Å²) >= 11 is 3.98. The molecule has 0 radical (unpaired) electrons. The molecule has 0 aromatic carbocycles. The van der Waals surface area contributed by atoms with E-state index in [1.54, 1.807) is 4.88 Å². The van der Waals surface area contributed by atoms with Crippen LogP contribution in [0.2, 0.25) is 0 Å². The van der Waals surface area contributed by atoms with Crippen LogP contribution in [0.3, 0.4) is 0 Å². The molecular formula is C16H24S2. The average Bonchev–Trinajstić information content (AvgIpc) is 2.80. The predicted molar refractivity (Wildman–Crippen MR) is 86.2 cm³/mol. The Morgan fingerprint density at radius 2 is 1.67 bits per heavy atom.